The van der Waals surface area contributed by atoms with Gasteiger partial charge in [0.1, 0.15) is 0 Å². The van der Waals surface area contributed by atoms with Gasteiger partial charge in [-0.15, -0.1) is 29.7 Å². The van der Waals surface area contributed by atoms with Gasteiger partial charge < -0.3 is 10.1 Å². The maximum Gasteiger partial charge on any atom is 0.292 e. The SMILES string of the molecule is CC(=[OH+])CC(C)O.[Ir].[c-]1cccc2c1c1nccnc1c1ccccc21. The fourth-order valence-electron chi connectivity index (χ4n) is 2.93. The number of aliphatic hydroxyl groups excluding tert-OH is 1. The molecule has 1 unspecified atom stereocenters. The van der Waals surface area contributed by atoms with Crippen LogP contribution in [0.4, 0.5) is 0 Å². The van der Waals surface area contributed by atoms with Gasteiger partial charge in [-0.1, -0.05) is 35.0 Å². The molecule has 0 aliphatic heterocycles. The Balaban J connectivity index is 0.000000265. The van der Waals surface area contributed by atoms with Gasteiger partial charge in [0.25, 0.3) is 5.78 Å². The summed E-state index contributed by atoms with van der Waals surface area (Å²) >= 11 is 0. The summed E-state index contributed by atoms with van der Waals surface area (Å²) in [6, 6.07) is 17.6. The monoisotopic (exact) mass is 525 g/mol. The molecule has 4 rings (SSSR count). The molecule has 0 saturated heterocycles. The summed E-state index contributed by atoms with van der Waals surface area (Å²) in [6.07, 6.45) is 3.45. The Morgan fingerprint density at radius 2 is 1.65 bits per heavy atom. The molecule has 0 aliphatic rings. The fraction of sp³-hybridized carbons (Fsp3) is 0.190. The fourth-order valence-corrected chi connectivity index (χ4v) is 2.93. The molecule has 1 aromatic heterocycles. The minimum absolute atomic E-state index is 0. The van der Waals surface area contributed by atoms with Crippen LogP contribution in [0, 0.1) is 6.07 Å². The van der Waals surface area contributed by atoms with Crippen molar-refractivity contribution in [3.8, 4) is 0 Å². The van der Waals surface area contributed by atoms with E-state index in [1.807, 2.05) is 18.2 Å². The Morgan fingerprint density at radius 3 is 2.27 bits per heavy atom. The van der Waals surface area contributed by atoms with Crippen LogP contribution in [0.25, 0.3) is 32.6 Å². The molecular weight excluding hydrogens is 504 g/mol. The Labute approximate surface area is 165 Å². The smallest absolute Gasteiger partial charge is 0.292 e. The van der Waals surface area contributed by atoms with E-state index in [4.69, 9.17) is 9.90 Å². The zero-order valence-electron chi connectivity index (χ0n) is 14.6. The van der Waals surface area contributed by atoms with Crippen LogP contribution in [0.2, 0.25) is 0 Å². The summed E-state index contributed by atoms with van der Waals surface area (Å²) in [5.41, 5.74) is 1.87. The number of rotatable bonds is 2. The van der Waals surface area contributed by atoms with E-state index >= 15 is 0 Å². The van der Waals surface area contributed by atoms with Gasteiger partial charge in [0.2, 0.25) is 0 Å². The van der Waals surface area contributed by atoms with Crippen molar-refractivity contribution >= 4 is 38.4 Å². The minimum atomic E-state index is -0.412. The van der Waals surface area contributed by atoms with E-state index in [9.17, 15) is 0 Å². The van der Waals surface area contributed by atoms with Gasteiger partial charge in [0.15, 0.2) is 0 Å². The molecule has 0 fully saturated rings. The zero-order valence-corrected chi connectivity index (χ0v) is 17.0. The molecular formula is C21H20IrN2O2. The molecule has 1 heterocycles. The predicted molar refractivity (Wildman–Crippen MR) is 102 cm³/mol. The molecule has 26 heavy (non-hydrogen) atoms. The number of fused-ring (bicyclic) bond motifs is 6. The standard InChI is InChI=1S/C16H9N2.C5H10O2.Ir/c1-3-7-13-11(5-1)12-6-2-4-8-14(12)16-15(13)17-9-10-18-16;1-4(6)3-5(2)7;/h1-7,9-10H;4,6H,3H2,1-2H3;/q-1;;/p+1. The van der Waals surface area contributed by atoms with Crippen LogP contribution < -0.4 is 0 Å². The molecule has 4 nitrogen and oxygen atoms in total. The molecule has 1 radical (unpaired) electrons. The molecule has 5 heteroatoms. The Hall–Kier alpha value is -2.20. The maximum atomic E-state index is 8.54. The summed E-state index contributed by atoms with van der Waals surface area (Å²) in [7, 11) is 0. The van der Waals surface area contributed by atoms with Gasteiger partial charge in [0.05, 0.1) is 18.0 Å². The number of ketones is 1. The molecule has 4 aromatic rings. The van der Waals surface area contributed by atoms with Crippen molar-refractivity contribution < 1.29 is 30.0 Å². The van der Waals surface area contributed by atoms with Gasteiger partial charge in [-0.3, -0.25) is 9.78 Å². The van der Waals surface area contributed by atoms with Crippen LogP contribution in [-0.4, -0.2) is 31.8 Å². The first-order valence-electron chi connectivity index (χ1n) is 8.19. The second-order valence-electron chi connectivity index (χ2n) is 6.05. The third-order valence-electron chi connectivity index (χ3n) is 3.85. The number of nitrogens with zero attached hydrogens (tertiary/aromatic N) is 2. The van der Waals surface area contributed by atoms with E-state index in [0.717, 1.165) is 21.8 Å². The summed E-state index contributed by atoms with van der Waals surface area (Å²) in [6.45, 7) is 3.21. The maximum absolute atomic E-state index is 8.54. The van der Waals surface area contributed by atoms with Crippen molar-refractivity contribution in [2.45, 2.75) is 26.4 Å². The minimum Gasteiger partial charge on any atom is -0.393 e. The predicted octanol–water partition coefficient (Wildman–Crippen LogP) is 4.06. The molecule has 135 valence electrons. The van der Waals surface area contributed by atoms with Crippen molar-refractivity contribution in [3.63, 3.8) is 0 Å². The number of aromatic nitrogens is 2. The van der Waals surface area contributed by atoms with Gasteiger partial charge in [0, 0.05) is 44.9 Å². The van der Waals surface area contributed by atoms with E-state index in [0.29, 0.717) is 6.42 Å². The van der Waals surface area contributed by atoms with E-state index in [1.165, 1.54) is 10.8 Å². The van der Waals surface area contributed by atoms with Gasteiger partial charge in [-0.05, 0) is 12.3 Å². The number of hydrogen-bond acceptors (Lipinski definition) is 3. The molecule has 0 saturated carbocycles. The average Bonchev–Trinajstić information content (AvgIpc) is 2.61. The van der Waals surface area contributed by atoms with E-state index in [-0.39, 0.29) is 25.9 Å². The molecule has 0 spiro atoms. The summed E-state index contributed by atoms with van der Waals surface area (Å²) in [5, 5.41) is 13.1. The second-order valence-corrected chi connectivity index (χ2v) is 6.05. The van der Waals surface area contributed by atoms with Gasteiger partial charge >= 0.3 is 0 Å². The van der Waals surface area contributed by atoms with Crippen LogP contribution in [-0.2, 0) is 20.1 Å². The van der Waals surface area contributed by atoms with Crippen molar-refractivity contribution in [2.24, 2.45) is 0 Å². The third kappa shape index (κ3) is 4.31. The van der Waals surface area contributed by atoms with E-state index in [1.54, 1.807) is 26.2 Å². The topological polar surface area (TPSA) is 67.4 Å². The molecule has 0 amide bonds. The van der Waals surface area contributed by atoms with E-state index < -0.39 is 6.10 Å². The summed E-state index contributed by atoms with van der Waals surface area (Å²) in [4.78, 5) is 17.4. The first-order chi connectivity index (χ1) is 12.1. The number of benzene rings is 3. The Kier molecular flexibility index (Phi) is 6.92. The molecule has 1 atom stereocenters. The van der Waals surface area contributed by atoms with Crippen LogP contribution in [0.15, 0.2) is 54.9 Å². The van der Waals surface area contributed by atoms with Crippen LogP contribution in [0.5, 0.6) is 0 Å². The number of carbonyl (C=O) groups excluding carboxylic acids is 1. The second kappa shape index (κ2) is 8.95. The zero-order chi connectivity index (χ0) is 17.8. The first-order valence-corrected chi connectivity index (χ1v) is 8.19. The number of aliphatic hydroxyl groups is 1. The average molecular weight is 525 g/mol. The number of hydrogen-bond donors (Lipinski definition) is 1. The van der Waals surface area contributed by atoms with E-state index in [2.05, 4.69) is 40.3 Å². The molecule has 2 N–H and O–H groups in total. The van der Waals surface area contributed by atoms with Gasteiger partial charge in [-0.2, -0.15) is 0 Å². The third-order valence-corrected chi connectivity index (χ3v) is 3.85. The molecule has 3 aromatic carbocycles. The largest absolute Gasteiger partial charge is 0.393 e. The summed E-state index contributed by atoms with van der Waals surface area (Å²) in [5.74, 6) is 0.287. The van der Waals surface area contributed by atoms with Crippen LogP contribution >= 0.6 is 0 Å². The first kappa shape index (κ1) is 20.1. The van der Waals surface area contributed by atoms with Crippen LogP contribution in [0.1, 0.15) is 20.3 Å². The Morgan fingerprint density at radius 1 is 1.04 bits per heavy atom. The van der Waals surface area contributed by atoms with Crippen molar-refractivity contribution in [1.29, 1.82) is 0 Å². The van der Waals surface area contributed by atoms with Gasteiger partial charge in [-0.25, -0.2) is 0 Å². The summed E-state index contributed by atoms with van der Waals surface area (Å²) < 4.78 is 0. The Bertz CT molecular complexity index is 827. The normalized spacial score (nSPS) is 11.5. The molecule has 0 aliphatic carbocycles. The van der Waals surface area contributed by atoms with Crippen molar-refractivity contribution in [3.05, 3.63) is 60.9 Å². The molecule has 0 bridgehead atoms. The quantitative estimate of drug-likeness (QED) is 0.244. The van der Waals surface area contributed by atoms with Crippen molar-refractivity contribution in [1.82, 2.24) is 9.97 Å². The van der Waals surface area contributed by atoms with Crippen LogP contribution in [0.3, 0.4) is 0 Å². The van der Waals surface area contributed by atoms with Crippen molar-refractivity contribution in [2.75, 3.05) is 0 Å².